The SMILES string of the molecule is CC.CC=C(OC)C12CCC(NCc3ccc4cc(O)ccc4n3)(CC1)CC2. The zero-order chi connectivity index (χ0) is 20.2. The van der Waals surface area contributed by atoms with Gasteiger partial charge in [-0.15, -0.1) is 0 Å². The molecule has 1 heterocycles. The molecule has 5 rings (SSSR count). The van der Waals surface area contributed by atoms with E-state index in [2.05, 4.69) is 24.4 Å². The number of allylic oxidation sites excluding steroid dienone is 2. The fraction of sp³-hybridized carbons (Fsp3) is 0.542. The lowest BCUT2D eigenvalue weighted by Crippen LogP contribution is -2.55. The van der Waals surface area contributed by atoms with Crippen LogP contribution in [0.3, 0.4) is 0 Å². The van der Waals surface area contributed by atoms with E-state index in [-0.39, 0.29) is 16.7 Å². The van der Waals surface area contributed by atoms with Crippen LogP contribution in [0.2, 0.25) is 0 Å². The highest BCUT2D eigenvalue weighted by molar-refractivity contribution is 5.80. The van der Waals surface area contributed by atoms with Crippen molar-refractivity contribution < 1.29 is 9.84 Å². The third-order valence-corrected chi connectivity index (χ3v) is 6.63. The molecule has 2 aromatic rings. The van der Waals surface area contributed by atoms with Gasteiger partial charge in [0.25, 0.3) is 0 Å². The Kier molecular flexibility index (Phi) is 6.29. The number of hydrogen-bond donors (Lipinski definition) is 2. The number of fused-ring (bicyclic) bond motifs is 4. The molecule has 3 aliphatic rings. The van der Waals surface area contributed by atoms with E-state index in [4.69, 9.17) is 9.72 Å². The highest BCUT2D eigenvalue weighted by atomic mass is 16.5. The lowest BCUT2D eigenvalue weighted by atomic mass is 9.56. The number of ether oxygens (including phenoxy) is 1. The van der Waals surface area contributed by atoms with Gasteiger partial charge < -0.3 is 15.2 Å². The van der Waals surface area contributed by atoms with Crippen LogP contribution in [0.1, 0.15) is 65.0 Å². The summed E-state index contributed by atoms with van der Waals surface area (Å²) in [6.07, 6.45) is 9.38. The summed E-state index contributed by atoms with van der Waals surface area (Å²) in [5, 5.41) is 14.4. The van der Waals surface area contributed by atoms with E-state index in [1.54, 1.807) is 12.1 Å². The summed E-state index contributed by atoms with van der Waals surface area (Å²) in [7, 11) is 1.81. The van der Waals surface area contributed by atoms with Crippen LogP contribution in [-0.4, -0.2) is 22.7 Å². The molecular weight excluding hydrogens is 348 g/mol. The van der Waals surface area contributed by atoms with Gasteiger partial charge in [-0.2, -0.15) is 0 Å². The van der Waals surface area contributed by atoms with Gasteiger partial charge in [-0.3, -0.25) is 4.98 Å². The third-order valence-electron chi connectivity index (χ3n) is 6.63. The zero-order valence-electron chi connectivity index (χ0n) is 17.7. The van der Waals surface area contributed by atoms with E-state index >= 15 is 0 Å². The molecule has 0 saturated heterocycles. The van der Waals surface area contributed by atoms with Crippen LogP contribution in [0.25, 0.3) is 10.9 Å². The van der Waals surface area contributed by atoms with E-state index < -0.39 is 0 Å². The number of pyridine rings is 1. The maximum Gasteiger partial charge on any atom is 0.116 e. The van der Waals surface area contributed by atoms with E-state index in [9.17, 15) is 5.11 Å². The molecule has 0 aliphatic heterocycles. The molecule has 2 N–H and O–H groups in total. The van der Waals surface area contributed by atoms with Crippen LogP contribution in [0, 0.1) is 5.41 Å². The fourth-order valence-corrected chi connectivity index (χ4v) is 4.99. The summed E-state index contributed by atoms with van der Waals surface area (Å²) in [4.78, 5) is 4.74. The first-order chi connectivity index (χ1) is 13.6. The van der Waals surface area contributed by atoms with Crippen LogP contribution in [0.4, 0.5) is 0 Å². The molecular formula is C24H34N2O2. The minimum absolute atomic E-state index is 0.250. The first kappa shape index (κ1) is 20.7. The summed E-state index contributed by atoms with van der Waals surface area (Å²) in [5.41, 5.74) is 2.52. The van der Waals surface area contributed by atoms with E-state index in [0.29, 0.717) is 0 Å². The van der Waals surface area contributed by atoms with Crippen molar-refractivity contribution in [3.8, 4) is 5.75 Å². The second-order valence-electron chi connectivity index (χ2n) is 7.95. The predicted octanol–water partition coefficient (Wildman–Crippen LogP) is 5.70. The predicted molar refractivity (Wildman–Crippen MR) is 115 cm³/mol. The van der Waals surface area contributed by atoms with Crippen molar-refractivity contribution in [3.63, 3.8) is 0 Å². The summed E-state index contributed by atoms with van der Waals surface area (Å²) in [6, 6.07) is 9.44. The molecule has 0 radical (unpaired) electrons. The van der Waals surface area contributed by atoms with Gasteiger partial charge >= 0.3 is 0 Å². The Morgan fingerprint density at radius 3 is 2.39 bits per heavy atom. The number of rotatable bonds is 5. The molecule has 1 aromatic heterocycles. The number of phenols is 1. The Labute approximate surface area is 169 Å². The fourth-order valence-electron chi connectivity index (χ4n) is 4.99. The first-order valence-electron chi connectivity index (χ1n) is 10.6. The minimum Gasteiger partial charge on any atom is -0.508 e. The number of benzene rings is 1. The van der Waals surface area contributed by atoms with Crippen LogP contribution in [-0.2, 0) is 11.3 Å². The molecule has 2 bridgehead atoms. The number of aromatic hydroxyl groups is 1. The number of nitrogens with zero attached hydrogens (tertiary/aromatic N) is 1. The average molecular weight is 383 g/mol. The van der Waals surface area contributed by atoms with Gasteiger partial charge in [-0.1, -0.05) is 19.9 Å². The highest BCUT2D eigenvalue weighted by Crippen LogP contribution is 2.56. The second kappa shape index (κ2) is 8.52. The Balaban J connectivity index is 0.00000109. The largest absolute Gasteiger partial charge is 0.508 e. The number of hydrogen-bond acceptors (Lipinski definition) is 4. The first-order valence-corrected chi connectivity index (χ1v) is 10.6. The molecule has 1 aromatic carbocycles. The third kappa shape index (κ3) is 3.88. The number of phenolic OH excluding ortho intramolecular Hbond substituents is 1. The summed E-state index contributed by atoms with van der Waals surface area (Å²) in [5.74, 6) is 1.47. The molecule has 3 saturated carbocycles. The van der Waals surface area contributed by atoms with Crippen molar-refractivity contribution in [1.82, 2.24) is 10.3 Å². The number of nitrogens with one attached hydrogen (secondary N) is 1. The molecule has 152 valence electrons. The smallest absolute Gasteiger partial charge is 0.116 e. The maximum absolute atomic E-state index is 9.59. The van der Waals surface area contributed by atoms with Gasteiger partial charge in [0.05, 0.1) is 24.1 Å². The topological polar surface area (TPSA) is 54.4 Å². The number of aromatic nitrogens is 1. The Morgan fingerprint density at radius 1 is 1.11 bits per heavy atom. The van der Waals surface area contributed by atoms with Gasteiger partial charge in [-0.05, 0) is 75.8 Å². The monoisotopic (exact) mass is 382 g/mol. The average Bonchev–Trinajstić information content (AvgIpc) is 2.76. The van der Waals surface area contributed by atoms with E-state index in [1.165, 1.54) is 44.3 Å². The normalized spacial score (nSPS) is 26.6. The van der Waals surface area contributed by atoms with Crippen LogP contribution in [0.5, 0.6) is 5.75 Å². The van der Waals surface area contributed by atoms with Crippen LogP contribution >= 0.6 is 0 Å². The number of methoxy groups -OCH3 is 1. The molecule has 0 atom stereocenters. The Bertz CT molecular complexity index is 819. The molecule has 3 aliphatic carbocycles. The van der Waals surface area contributed by atoms with Crippen molar-refractivity contribution in [2.24, 2.45) is 5.41 Å². The van der Waals surface area contributed by atoms with Gasteiger partial charge in [0.2, 0.25) is 0 Å². The Hall–Kier alpha value is -2.07. The van der Waals surface area contributed by atoms with Gasteiger partial charge in [-0.25, -0.2) is 0 Å². The summed E-state index contributed by atoms with van der Waals surface area (Å²) in [6.45, 7) is 6.89. The molecule has 4 heteroatoms. The summed E-state index contributed by atoms with van der Waals surface area (Å²) >= 11 is 0. The van der Waals surface area contributed by atoms with Crippen molar-refractivity contribution >= 4 is 10.9 Å². The molecule has 3 fully saturated rings. The lowest BCUT2D eigenvalue weighted by Gasteiger charge is -2.54. The van der Waals surface area contributed by atoms with E-state index in [1.807, 2.05) is 33.1 Å². The standard InChI is InChI=1S/C22H28N2O2.C2H6/c1-3-20(26-2)21-8-11-22(12-9-21,13-10-21)23-15-17-5-4-16-14-18(25)6-7-19(16)24-17;1-2/h3-7,14,23,25H,8-13,15H2,1-2H3;1-2H3. The minimum atomic E-state index is 0.250. The second-order valence-corrected chi connectivity index (χ2v) is 7.95. The Morgan fingerprint density at radius 2 is 1.79 bits per heavy atom. The zero-order valence-corrected chi connectivity index (χ0v) is 17.7. The lowest BCUT2D eigenvalue weighted by molar-refractivity contribution is 0.0109. The van der Waals surface area contributed by atoms with E-state index in [0.717, 1.165) is 23.1 Å². The van der Waals surface area contributed by atoms with Crippen molar-refractivity contribution in [2.45, 2.75) is 71.4 Å². The molecule has 4 nitrogen and oxygen atoms in total. The maximum atomic E-state index is 9.59. The van der Waals surface area contributed by atoms with Gasteiger partial charge in [0.15, 0.2) is 0 Å². The van der Waals surface area contributed by atoms with Crippen molar-refractivity contribution in [2.75, 3.05) is 7.11 Å². The van der Waals surface area contributed by atoms with Gasteiger partial charge in [0, 0.05) is 22.9 Å². The van der Waals surface area contributed by atoms with Crippen LogP contribution < -0.4 is 5.32 Å². The van der Waals surface area contributed by atoms with Crippen molar-refractivity contribution in [3.05, 3.63) is 47.9 Å². The molecule has 0 spiro atoms. The quantitative estimate of drug-likeness (QED) is 0.651. The van der Waals surface area contributed by atoms with Crippen LogP contribution in [0.15, 0.2) is 42.2 Å². The summed E-state index contributed by atoms with van der Waals surface area (Å²) < 4.78 is 5.68. The highest BCUT2D eigenvalue weighted by Gasteiger charge is 2.50. The molecule has 0 unspecified atom stereocenters. The molecule has 0 amide bonds. The van der Waals surface area contributed by atoms with Crippen molar-refractivity contribution in [1.29, 1.82) is 0 Å². The van der Waals surface area contributed by atoms with Gasteiger partial charge in [0.1, 0.15) is 5.75 Å². The molecule has 28 heavy (non-hydrogen) atoms.